The predicted molar refractivity (Wildman–Crippen MR) is 111 cm³/mol. The summed E-state index contributed by atoms with van der Waals surface area (Å²) in [6, 6.07) is 1.93. The number of carbonyl (C=O) groups is 1. The number of halogens is 2. The second-order valence-electron chi connectivity index (χ2n) is 6.26. The van der Waals surface area contributed by atoms with Gasteiger partial charge in [0.25, 0.3) is 0 Å². The summed E-state index contributed by atoms with van der Waals surface area (Å²) in [4.78, 5) is 18.3. The van der Waals surface area contributed by atoms with E-state index in [1.165, 1.54) is 0 Å². The Balaban J connectivity index is 0.00000529. The molecule has 0 aromatic carbocycles. The van der Waals surface area contributed by atoms with Crippen LogP contribution in [0.4, 0.5) is 0 Å². The molecule has 1 aromatic heterocycles. The second kappa shape index (κ2) is 10.1. The van der Waals surface area contributed by atoms with Crippen LogP contribution in [0.25, 0.3) is 0 Å². The van der Waals surface area contributed by atoms with Crippen molar-refractivity contribution in [3.05, 3.63) is 23.0 Å². The molecule has 0 saturated carbocycles. The van der Waals surface area contributed by atoms with E-state index in [-0.39, 0.29) is 29.9 Å². The van der Waals surface area contributed by atoms with E-state index in [2.05, 4.69) is 15.6 Å². The molecule has 0 atom stereocenters. The highest BCUT2D eigenvalue weighted by molar-refractivity contribution is 14.0. The van der Waals surface area contributed by atoms with E-state index in [1.807, 2.05) is 56.6 Å². The number of rotatable bonds is 6. The van der Waals surface area contributed by atoms with Gasteiger partial charge in [0, 0.05) is 46.1 Å². The van der Waals surface area contributed by atoms with Gasteiger partial charge in [-0.3, -0.25) is 9.79 Å². The number of hydrogen-bond donors (Lipinski definition) is 2. The van der Waals surface area contributed by atoms with Crippen LogP contribution in [-0.2, 0) is 18.4 Å². The first kappa shape index (κ1) is 23.0. The fraction of sp³-hybridized carbons (Fsp3) is 0.625. The smallest absolute Gasteiger partial charge is 0.227 e. The standard InChI is InChI=1S/C16H28ClN5O.HI/c1-7-19-14(23)16(2,3)11-20-15(18-4)22(6)10-13-8-12(17)9-21(13)5;/h8-9H,7,10-11H2,1-6H3,(H,18,20)(H,19,23);1H. The molecule has 138 valence electrons. The van der Waals surface area contributed by atoms with Crippen LogP contribution in [0.3, 0.4) is 0 Å². The van der Waals surface area contributed by atoms with Crippen LogP contribution >= 0.6 is 35.6 Å². The van der Waals surface area contributed by atoms with E-state index in [0.29, 0.717) is 19.6 Å². The van der Waals surface area contributed by atoms with Crippen LogP contribution in [0.5, 0.6) is 0 Å². The van der Waals surface area contributed by atoms with Gasteiger partial charge < -0.3 is 20.1 Å². The Morgan fingerprint density at radius 2 is 2.04 bits per heavy atom. The van der Waals surface area contributed by atoms with Gasteiger partial charge in [-0.25, -0.2) is 0 Å². The molecule has 0 radical (unpaired) electrons. The number of guanidine groups is 1. The second-order valence-corrected chi connectivity index (χ2v) is 6.70. The topological polar surface area (TPSA) is 61.7 Å². The number of amides is 1. The molecule has 0 aliphatic rings. The molecule has 8 heteroatoms. The highest BCUT2D eigenvalue weighted by Gasteiger charge is 2.27. The van der Waals surface area contributed by atoms with Gasteiger partial charge in [0.05, 0.1) is 17.0 Å². The van der Waals surface area contributed by atoms with Crippen LogP contribution in [-0.4, -0.2) is 48.5 Å². The maximum atomic E-state index is 12.1. The zero-order valence-electron chi connectivity index (χ0n) is 15.3. The number of carbonyl (C=O) groups excluding carboxylic acids is 1. The highest BCUT2D eigenvalue weighted by Crippen LogP contribution is 2.15. The Morgan fingerprint density at radius 1 is 1.42 bits per heavy atom. The molecule has 0 unspecified atom stereocenters. The van der Waals surface area contributed by atoms with Crippen LogP contribution in [0.15, 0.2) is 17.3 Å². The lowest BCUT2D eigenvalue weighted by Crippen LogP contribution is -2.48. The molecule has 24 heavy (non-hydrogen) atoms. The van der Waals surface area contributed by atoms with Crippen molar-refractivity contribution in [2.45, 2.75) is 27.3 Å². The number of nitrogens with one attached hydrogen (secondary N) is 2. The zero-order valence-corrected chi connectivity index (χ0v) is 18.4. The number of hydrogen-bond acceptors (Lipinski definition) is 2. The normalized spacial score (nSPS) is 11.7. The van der Waals surface area contributed by atoms with Gasteiger partial charge in [-0.05, 0) is 26.8 Å². The Hall–Kier alpha value is -0.960. The molecular formula is C16H29ClIN5O. The van der Waals surface area contributed by atoms with Crippen LogP contribution in [0.2, 0.25) is 5.02 Å². The van der Waals surface area contributed by atoms with E-state index in [1.54, 1.807) is 7.05 Å². The van der Waals surface area contributed by atoms with Crippen LogP contribution in [0.1, 0.15) is 26.5 Å². The zero-order chi connectivity index (χ0) is 17.6. The maximum Gasteiger partial charge on any atom is 0.227 e. The molecule has 0 saturated heterocycles. The Bertz CT molecular complexity index is 571. The molecule has 0 aliphatic heterocycles. The fourth-order valence-electron chi connectivity index (χ4n) is 2.21. The molecule has 6 nitrogen and oxygen atoms in total. The Morgan fingerprint density at radius 3 is 2.50 bits per heavy atom. The van der Waals surface area contributed by atoms with Crippen molar-refractivity contribution in [1.29, 1.82) is 0 Å². The van der Waals surface area contributed by atoms with Gasteiger partial charge in [0.15, 0.2) is 5.96 Å². The fourth-order valence-corrected chi connectivity index (χ4v) is 2.48. The quantitative estimate of drug-likeness (QED) is 0.382. The van der Waals surface area contributed by atoms with E-state index < -0.39 is 5.41 Å². The lowest BCUT2D eigenvalue weighted by Gasteiger charge is -2.28. The van der Waals surface area contributed by atoms with Crippen molar-refractivity contribution in [3.8, 4) is 0 Å². The lowest BCUT2D eigenvalue weighted by atomic mass is 9.92. The third-order valence-electron chi connectivity index (χ3n) is 3.69. The van der Waals surface area contributed by atoms with Crippen molar-refractivity contribution in [2.75, 3.05) is 27.2 Å². The lowest BCUT2D eigenvalue weighted by molar-refractivity contribution is -0.128. The first-order chi connectivity index (χ1) is 10.7. The SMILES string of the molecule is CCNC(=O)C(C)(C)CNC(=NC)N(C)Cc1cc(Cl)cn1C.I. The summed E-state index contributed by atoms with van der Waals surface area (Å²) in [5.41, 5.74) is 0.574. The third-order valence-corrected chi connectivity index (χ3v) is 3.89. The van der Waals surface area contributed by atoms with Gasteiger partial charge in [-0.15, -0.1) is 24.0 Å². The molecule has 1 aromatic rings. The van der Waals surface area contributed by atoms with Crippen molar-refractivity contribution < 1.29 is 4.79 Å². The maximum absolute atomic E-state index is 12.1. The van der Waals surface area contributed by atoms with Crippen molar-refractivity contribution >= 4 is 47.4 Å². The molecule has 1 amide bonds. The van der Waals surface area contributed by atoms with E-state index in [0.717, 1.165) is 16.7 Å². The first-order valence-electron chi connectivity index (χ1n) is 7.72. The molecule has 0 spiro atoms. The number of nitrogens with zero attached hydrogens (tertiary/aromatic N) is 3. The summed E-state index contributed by atoms with van der Waals surface area (Å²) in [6.07, 6.45) is 1.87. The minimum absolute atomic E-state index is 0. The summed E-state index contributed by atoms with van der Waals surface area (Å²) in [5.74, 6) is 0.763. The third kappa shape index (κ3) is 6.51. The average Bonchev–Trinajstić information content (AvgIpc) is 2.77. The molecule has 0 bridgehead atoms. The van der Waals surface area contributed by atoms with Gasteiger partial charge in [0.1, 0.15) is 0 Å². The summed E-state index contributed by atoms with van der Waals surface area (Å²) < 4.78 is 1.99. The molecule has 1 heterocycles. The monoisotopic (exact) mass is 469 g/mol. The summed E-state index contributed by atoms with van der Waals surface area (Å²) in [7, 11) is 5.65. The number of aliphatic imine (C=N–C) groups is 1. The molecular weight excluding hydrogens is 441 g/mol. The highest BCUT2D eigenvalue weighted by atomic mass is 127. The largest absolute Gasteiger partial charge is 0.356 e. The number of aromatic nitrogens is 1. The van der Waals surface area contributed by atoms with Crippen LogP contribution in [0, 0.1) is 5.41 Å². The Kier molecular flexibility index (Phi) is 9.72. The van der Waals surface area contributed by atoms with Gasteiger partial charge in [-0.2, -0.15) is 0 Å². The summed E-state index contributed by atoms with van der Waals surface area (Å²) in [5, 5.41) is 6.84. The number of aryl methyl sites for hydroxylation is 1. The minimum atomic E-state index is -0.513. The molecule has 1 rings (SSSR count). The van der Waals surface area contributed by atoms with Crippen LogP contribution < -0.4 is 10.6 Å². The van der Waals surface area contributed by atoms with Gasteiger partial charge in [0.2, 0.25) is 5.91 Å². The molecule has 2 N–H and O–H groups in total. The van der Waals surface area contributed by atoms with Crippen molar-refractivity contribution in [3.63, 3.8) is 0 Å². The van der Waals surface area contributed by atoms with Crippen molar-refractivity contribution in [1.82, 2.24) is 20.1 Å². The van der Waals surface area contributed by atoms with Crippen molar-refractivity contribution in [2.24, 2.45) is 17.5 Å². The van der Waals surface area contributed by atoms with Gasteiger partial charge in [-0.1, -0.05) is 11.6 Å². The molecule has 0 aliphatic carbocycles. The predicted octanol–water partition coefficient (Wildman–Crippen LogP) is 2.47. The minimum Gasteiger partial charge on any atom is -0.356 e. The average molecular weight is 470 g/mol. The summed E-state index contributed by atoms with van der Waals surface area (Å²) in [6.45, 7) is 7.54. The van der Waals surface area contributed by atoms with Gasteiger partial charge >= 0.3 is 0 Å². The Labute approximate surface area is 167 Å². The van der Waals surface area contributed by atoms with E-state index in [4.69, 9.17) is 11.6 Å². The first-order valence-corrected chi connectivity index (χ1v) is 8.10. The summed E-state index contributed by atoms with van der Waals surface area (Å²) >= 11 is 6.02. The molecule has 0 fully saturated rings. The van der Waals surface area contributed by atoms with E-state index >= 15 is 0 Å². The van der Waals surface area contributed by atoms with E-state index in [9.17, 15) is 4.79 Å².